The van der Waals surface area contributed by atoms with E-state index in [0.29, 0.717) is 25.1 Å². The van der Waals surface area contributed by atoms with E-state index in [1.807, 2.05) is 0 Å². The van der Waals surface area contributed by atoms with Gasteiger partial charge in [0.2, 0.25) is 0 Å². The number of pyridine rings is 1. The van der Waals surface area contributed by atoms with Gasteiger partial charge in [0.25, 0.3) is 11.5 Å². The van der Waals surface area contributed by atoms with Crippen LogP contribution in [0.1, 0.15) is 29.8 Å². The van der Waals surface area contributed by atoms with Crippen LogP contribution in [0.4, 0.5) is 0 Å². The van der Waals surface area contributed by atoms with Crippen molar-refractivity contribution in [2.75, 3.05) is 6.54 Å². The maximum Gasteiger partial charge on any atom is 0.303 e. The van der Waals surface area contributed by atoms with E-state index in [1.54, 1.807) is 6.07 Å². The van der Waals surface area contributed by atoms with Crippen LogP contribution < -0.4 is 10.9 Å². The number of nitrogens with zero attached hydrogens (tertiary/aromatic N) is 1. The SMILES string of the molecule is Cn1c(C(=O)NCCCCC(=O)O)cccc1=O. The molecule has 1 amide bonds. The number of amides is 1. The highest BCUT2D eigenvalue weighted by atomic mass is 16.4. The van der Waals surface area contributed by atoms with Gasteiger partial charge >= 0.3 is 5.97 Å². The minimum atomic E-state index is -0.841. The Labute approximate surface area is 104 Å². The highest BCUT2D eigenvalue weighted by Crippen LogP contribution is 1.96. The molecule has 2 N–H and O–H groups in total. The van der Waals surface area contributed by atoms with Gasteiger partial charge in [-0.05, 0) is 18.9 Å². The normalized spacial score (nSPS) is 10.1. The Morgan fingerprint density at radius 3 is 2.72 bits per heavy atom. The molecule has 0 unspecified atom stereocenters. The lowest BCUT2D eigenvalue weighted by molar-refractivity contribution is -0.137. The minimum absolute atomic E-state index is 0.0969. The fraction of sp³-hybridized carbons (Fsp3) is 0.417. The lowest BCUT2D eigenvalue weighted by Gasteiger charge is -2.08. The third-order valence-electron chi connectivity index (χ3n) is 2.52. The van der Waals surface area contributed by atoms with Gasteiger partial charge in [-0.3, -0.25) is 14.4 Å². The zero-order valence-electron chi connectivity index (χ0n) is 10.2. The van der Waals surface area contributed by atoms with E-state index in [2.05, 4.69) is 5.32 Å². The maximum atomic E-state index is 11.7. The van der Waals surface area contributed by atoms with Crippen LogP contribution in [0.2, 0.25) is 0 Å². The molecule has 0 aliphatic carbocycles. The van der Waals surface area contributed by atoms with E-state index in [-0.39, 0.29) is 17.9 Å². The predicted octanol–water partition coefficient (Wildman–Crippen LogP) is 0.370. The van der Waals surface area contributed by atoms with Crippen molar-refractivity contribution in [3.63, 3.8) is 0 Å². The standard InChI is InChI=1S/C12H16N2O4/c1-14-9(5-4-6-10(14)15)12(18)13-8-3-2-7-11(16)17/h4-6H,2-3,7-8H2,1H3,(H,13,18)(H,16,17). The third kappa shape index (κ3) is 4.04. The first kappa shape index (κ1) is 14.0. The molecule has 0 saturated heterocycles. The van der Waals surface area contributed by atoms with Crippen molar-refractivity contribution in [1.29, 1.82) is 0 Å². The third-order valence-corrected chi connectivity index (χ3v) is 2.52. The molecule has 0 radical (unpaired) electrons. The minimum Gasteiger partial charge on any atom is -0.481 e. The van der Waals surface area contributed by atoms with Crippen molar-refractivity contribution in [1.82, 2.24) is 9.88 Å². The zero-order chi connectivity index (χ0) is 13.5. The van der Waals surface area contributed by atoms with Crippen molar-refractivity contribution in [3.8, 4) is 0 Å². The van der Waals surface area contributed by atoms with Gasteiger partial charge in [-0.2, -0.15) is 0 Å². The molecule has 1 aromatic heterocycles. The van der Waals surface area contributed by atoms with Crippen LogP contribution >= 0.6 is 0 Å². The largest absolute Gasteiger partial charge is 0.481 e. The van der Waals surface area contributed by atoms with Gasteiger partial charge in [-0.15, -0.1) is 0 Å². The zero-order valence-corrected chi connectivity index (χ0v) is 10.2. The number of carbonyl (C=O) groups is 2. The molecule has 0 fully saturated rings. The smallest absolute Gasteiger partial charge is 0.303 e. The highest BCUT2D eigenvalue weighted by Gasteiger charge is 2.08. The number of carbonyl (C=O) groups excluding carboxylic acids is 1. The van der Waals surface area contributed by atoms with E-state index in [1.165, 1.54) is 23.7 Å². The van der Waals surface area contributed by atoms with E-state index in [9.17, 15) is 14.4 Å². The van der Waals surface area contributed by atoms with Crippen molar-refractivity contribution in [2.24, 2.45) is 7.05 Å². The molecule has 6 heteroatoms. The lowest BCUT2D eigenvalue weighted by Crippen LogP contribution is -2.31. The molecule has 0 aliphatic heterocycles. The molecular weight excluding hydrogens is 236 g/mol. The quantitative estimate of drug-likeness (QED) is 0.716. The number of aliphatic carboxylic acids is 1. The summed E-state index contributed by atoms with van der Waals surface area (Å²) in [5.74, 6) is -1.17. The number of hydrogen-bond acceptors (Lipinski definition) is 3. The summed E-state index contributed by atoms with van der Waals surface area (Å²) in [7, 11) is 1.53. The molecule has 0 saturated carbocycles. The molecule has 0 atom stereocenters. The van der Waals surface area contributed by atoms with E-state index in [0.717, 1.165) is 0 Å². The van der Waals surface area contributed by atoms with Gasteiger partial charge < -0.3 is 15.0 Å². The lowest BCUT2D eigenvalue weighted by atomic mass is 10.2. The van der Waals surface area contributed by atoms with Crippen LogP contribution in [0, 0.1) is 0 Å². The summed E-state index contributed by atoms with van der Waals surface area (Å²) >= 11 is 0. The number of unbranched alkanes of at least 4 members (excludes halogenated alkanes) is 1. The molecule has 1 rings (SSSR count). The summed E-state index contributed by atoms with van der Waals surface area (Å²) in [6, 6.07) is 4.47. The Hall–Kier alpha value is -2.11. The number of carboxylic acid groups (broad SMARTS) is 1. The van der Waals surface area contributed by atoms with Gasteiger partial charge in [0.05, 0.1) is 0 Å². The summed E-state index contributed by atoms with van der Waals surface area (Å²) in [5, 5.41) is 11.1. The highest BCUT2D eigenvalue weighted by molar-refractivity contribution is 5.92. The summed E-state index contributed by atoms with van der Waals surface area (Å²) < 4.78 is 1.27. The van der Waals surface area contributed by atoms with E-state index < -0.39 is 5.97 Å². The van der Waals surface area contributed by atoms with Gasteiger partial charge in [0.1, 0.15) is 5.69 Å². The van der Waals surface area contributed by atoms with Crippen LogP contribution in [-0.4, -0.2) is 28.1 Å². The number of carboxylic acids is 1. The second kappa shape index (κ2) is 6.58. The Morgan fingerprint density at radius 2 is 2.06 bits per heavy atom. The molecule has 1 heterocycles. The predicted molar refractivity (Wildman–Crippen MR) is 65.5 cm³/mol. The van der Waals surface area contributed by atoms with Crippen LogP contribution in [0.5, 0.6) is 0 Å². The van der Waals surface area contributed by atoms with Gasteiger partial charge in [0, 0.05) is 26.1 Å². The van der Waals surface area contributed by atoms with E-state index in [4.69, 9.17) is 5.11 Å². The van der Waals surface area contributed by atoms with Crippen molar-refractivity contribution < 1.29 is 14.7 Å². The number of hydrogen-bond donors (Lipinski definition) is 2. The Kier molecular flexibility index (Phi) is 5.10. The molecular formula is C12H16N2O4. The fourth-order valence-electron chi connectivity index (χ4n) is 1.49. The second-order valence-corrected chi connectivity index (χ2v) is 3.92. The molecule has 6 nitrogen and oxygen atoms in total. The average molecular weight is 252 g/mol. The molecule has 98 valence electrons. The Bertz CT molecular complexity index is 493. The first-order valence-corrected chi connectivity index (χ1v) is 5.68. The van der Waals surface area contributed by atoms with Crippen LogP contribution in [0.3, 0.4) is 0 Å². The van der Waals surface area contributed by atoms with Gasteiger partial charge in [-0.1, -0.05) is 6.07 Å². The summed E-state index contributed by atoms with van der Waals surface area (Å²) in [5.41, 5.74) is 0.0502. The summed E-state index contributed by atoms with van der Waals surface area (Å²) in [6.07, 6.45) is 1.21. The van der Waals surface area contributed by atoms with Gasteiger partial charge in [0.15, 0.2) is 0 Å². The Morgan fingerprint density at radius 1 is 1.33 bits per heavy atom. The van der Waals surface area contributed by atoms with Crippen molar-refractivity contribution in [2.45, 2.75) is 19.3 Å². The van der Waals surface area contributed by atoms with E-state index >= 15 is 0 Å². The van der Waals surface area contributed by atoms with Crippen molar-refractivity contribution >= 4 is 11.9 Å². The van der Waals surface area contributed by atoms with Crippen LogP contribution in [-0.2, 0) is 11.8 Å². The maximum absolute atomic E-state index is 11.7. The summed E-state index contributed by atoms with van der Waals surface area (Å²) in [4.78, 5) is 33.3. The number of rotatable bonds is 6. The fourth-order valence-corrected chi connectivity index (χ4v) is 1.49. The average Bonchev–Trinajstić information content (AvgIpc) is 2.31. The monoisotopic (exact) mass is 252 g/mol. The van der Waals surface area contributed by atoms with Crippen LogP contribution in [0.25, 0.3) is 0 Å². The molecule has 0 bridgehead atoms. The first-order valence-electron chi connectivity index (χ1n) is 5.68. The number of nitrogens with one attached hydrogen (secondary N) is 1. The Balaban J connectivity index is 2.44. The molecule has 18 heavy (non-hydrogen) atoms. The molecule has 0 aromatic carbocycles. The molecule has 0 spiro atoms. The van der Waals surface area contributed by atoms with Crippen LogP contribution in [0.15, 0.2) is 23.0 Å². The van der Waals surface area contributed by atoms with Crippen molar-refractivity contribution in [3.05, 3.63) is 34.2 Å². The van der Waals surface area contributed by atoms with Gasteiger partial charge in [-0.25, -0.2) is 0 Å². The molecule has 1 aromatic rings. The second-order valence-electron chi connectivity index (χ2n) is 3.92. The topological polar surface area (TPSA) is 88.4 Å². The summed E-state index contributed by atoms with van der Waals surface area (Å²) in [6.45, 7) is 0.398. The number of aromatic nitrogens is 1. The molecule has 0 aliphatic rings. The first-order chi connectivity index (χ1) is 8.52.